The minimum absolute atomic E-state index is 0.140. The van der Waals surface area contributed by atoms with E-state index in [4.69, 9.17) is 21.6 Å². The van der Waals surface area contributed by atoms with Gasteiger partial charge in [0, 0.05) is 15.8 Å². The molecule has 0 fully saturated rings. The fourth-order valence-electron chi connectivity index (χ4n) is 1.08. The molecule has 0 unspecified atom stereocenters. The molecule has 0 aliphatic rings. The van der Waals surface area contributed by atoms with E-state index < -0.39 is 7.12 Å². The Labute approximate surface area is 90.8 Å². The average Bonchev–Trinajstić information content (AvgIpc) is 2.05. The van der Waals surface area contributed by atoms with Crippen LogP contribution in [0.4, 0.5) is 0 Å². The van der Waals surface area contributed by atoms with Crippen molar-refractivity contribution in [3.63, 3.8) is 0 Å². The number of rotatable bonds is 2. The molecule has 0 bridgehead atoms. The molecule has 1 rings (SSSR count). The van der Waals surface area contributed by atoms with E-state index in [1.54, 1.807) is 6.07 Å². The van der Waals surface area contributed by atoms with Gasteiger partial charge in [-0.3, -0.25) is 0 Å². The lowest BCUT2D eigenvalue weighted by atomic mass is 9.81. The van der Waals surface area contributed by atoms with Crippen LogP contribution in [-0.4, -0.2) is 17.2 Å². The number of aryl methyl sites for hydroxylation is 1. The van der Waals surface area contributed by atoms with Crippen LogP contribution >= 0.6 is 27.5 Å². The Morgan fingerprint density at radius 3 is 2.62 bits per heavy atom. The second kappa shape index (κ2) is 4.46. The molecule has 0 amide bonds. The van der Waals surface area contributed by atoms with E-state index in [1.165, 1.54) is 0 Å². The molecule has 5 heteroatoms. The first-order valence-electron chi connectivity index (χ1n) is 3.82. The second-order valence-electron chi connectivity index (χ2n) is 2.84. The van der Waals surface area contributed by atoms with Crippen LogP contribution in [0.1, 0.15) is 11.1 Å². The molecule has 2 N–H and O–H groups in total. The van der Waals surface area contributed by atoms with E-state index in [0.717, 1.165) is 15.6 Å². The Bertz CT molecular complexity index is 317. The van der Waals surface area contributed by atoms with Crippen LogP contribution in [0, 0.1) is 6.92 Å². The summed E-state index contributed by atoms with van der Waals surface area (Å²) in [5, 5.41) is 18.2. The Balaban J connectivity index is 3.10. The summed E-state index contributed by atoms with van der Waals surface area (Å²) < 4.78 is 0.841. The highest BCUT2D eigenvalue weighted by molar-refractivity contribution is 9.10. The van der Waals surface area contributed by atoms with Gasteiger partial charge in [0.25, 0.3) is 0 Å². The standard InChI is InChI=1S/C8H9BBrClO2/c1-5-2-3-7(11)6(8(5)10)4-9(12)13/h2-3,12-13H,4H2,1H3. The van der Waals surface area contributed by atoms with Crippen LogP contribution in [0.2, 0.25) is 5.02 Å². The largest absolute Gasteiger partial charge is 0.456 e. The van der Waals surface area contributed by atoms with Crippen LogP contribution in [-0.2, 0) is 6.32 Å². The van der Waals surface area contributed by atoms with E-state index in [9.17, 15) is 0 Å². The monoisotopic (exact) mass is 262 g/mol. The third kappa shape index (κ3) is 2.71. The summed E-state index contributed by atoms with van der Waals surface area (Å²) >= 11 is 9.25. The average molecular weight is 263 g/mol. The molecule has 0 aromatic heterocycles. The van der Waals surface area contributed by atoms with Gasteiger partial charge in [-0.2, -0.15) is 0 Å². The van der Waals surface area contributed by atoms with Crippen molar-refractivity contribution in [2.75, 3.05) is 0 Å². The van der Waals surface area contributed by atoms with Crippen molar-refractivity contribution in [3.05, 3.63) is 32.8 Å². The highest BCUT2D eigenvalue weighted by Crippen LogP contribution is 2.28. The van der Waals surface area contributed by atoms with E-state index in [2.05, 4.69) is 15.9 Å². The topological polar surface area (TPSA) is 40.5 Å². The molecule has 0 heterocycles. The lowest BCUT2D eigenvalue weighted by molar-refractivity contribution is 0.405. The maximum atomic E-state index is 8.82. The lowest BCUT2D eigenvalue weighted by Crippen LogP contribution is -2.16. The summed E-state index contributed by atoms with van der Waals surface area (Å²) in [5.41, 5.74) is 1.76. The zero-order valence-electron chi connectivity index (χ0n) is 7.09. The zero-order chi connectivity index (χ0) is 10.0. The molecule has 0 aliphatic heterocycles. The Hall–Kier alpha value is -0.0251. The number of hydrogen-bond donors (Lipinski definition) is 2. The van der Waals surface area contributed by atoms with E-state index in [-0.39, 0.29) is 6.32 Å². The van der Waals surface area contributed by atoms with Crippen molar-refractivity contribution >= 4 is 34.6 Å². The van der Waals surface area contributed by atoms with Crippen molar-refractivity contribution in [3.8, 4) is 0 Å². The quantitative estimate of drug-likeness (QED) is 0.801. The summed E-state index contributed by atoms with van der Waals surface area (Å²) in [6.45, 7) is 1.92. The summed E-state index contributed by atoms with van der Waals surface area (Å²) in [5.74, 6) is 0. The third-order valence-electron chi connectivity index (χ3n) is 1.77. The third-order valence-corrected chi connectivity index (χ3v) is 3.22. The maximum absolute atomic E-state index is 8.82. The molecule has 0 spiro atoms. The Morgan fingerprint density at radius 2 is 2.08 bits per heavy atom. The van der Waals surface area contributed by atoms with Gasteiger partial charge in [-0.1, -0.05) is 33.6 Å². The van der Waals surface area contributed by atoms with Gasteiger partial charge in [0.05, 0.1) is 0 Å². The van der Waals surface area contributed by atoms with Crippen LogP contribution in [0.25, 0.3) is 0 Å². The molecular formula is C8H9BBrClO2. The molecule has 70 valence electrons. The van der Waals surface area contributed by atoms with Crippen LogP contribution in [0.15, 0.2) is 16.6 Å². The Morgan fingerprint density at radius 1 is 1.46 bits per heavy atom. The predicted molar refractivity (Wildman–Crippen MR) is 57.8 cm³/mol. The van der Waals surface area contributed by atoms with Crippen LogP contribution < -0.4 is 0 Å². The second-order valence-corrected chi connectivity index (χ2v) is 4.04. The molecule has 1 aromatic rings. The first kappa shape index (κ1) is 11.1. The van der Waals surface area contributed by atoms with Crippen molar-refractivity contribution < 1.29 is 10.0 Å². The summed E-state index contributed by atoms with van der Waals surface area (Å²) in [7, 11) is -1.37. The van der Waals surface area contributed by atoms with Crippen molar-refractivity contribution in [2.45, 2.75) is 13.2 Å². The van der Waals surface area contributed by atoms with Gasteiger partial charge in [0.2, 0.25) is 0 Å². The summed E-state index contributed by atoms with van der Waals surface area (Å²) in [4.78, 5) is 0. The fraction of sp³-hybridized carbons (Fsp3) is 0.250. The van der Waals surface area contributed by atoms with Gasteiger partial charge in [-0.15, -0.1) is 0 Å². The molecule has 0 aliphatic carbocycles. The summed E-state index contributed by atoms with van der Waals surface area (Å²) in [6, 6.07) is 3.62. The molecule has 0 saturated carbocycles. The minimum Gasteiger partial charge on any atom is -0.427 e. The zero-order valence-corrected chi connectivity index (χ0v) is 9.43. The molecule has 0 saturated heterocycles. The van der Waals surface area contributed by atoms with Gasteiger partial charge in [0.1, 0.15) is 0 Å². The van der Waals surface area contributed by atoms with Gasteiger partial charge in [0.15, 0.2) is 0 Å². The summed E-state index contributed by atoms with van der Waals surface area (Å²) in [6.07, 6.45) is 0.140. The fourth-order valence-corrected chi connectivity index (χ4v) is 1.94. The molecule has 0 radical (unpaired) electrons. The van der Waals surface area contributed by atoms with Crippen molar-refractivity contribution in [1.82, 2.24) is 0 Å². The predicted octanol–water partition coefficient (Wildman–Crippen LogP) is 1.97. The Kier molecular flexibility index (Phi) is 3.80. The first-order chi connectivity index (χ1) is 6.02. The normalized spacial score (nSPS) is 10.2. The van der Waals surface area contributed by atoms with E-state index in [0.29, 0.717) is 5.02 Å². The van der Waals surface area contributed by atoms with E-state index >= 15 is 0 Å². The highest BCUT2D eigenvalue weighted by Gasteiger charge is 2.14. The minimum atomic E-state index is -1.37. The number of hydrogen-bond acceptors (Lipinski definition) is 2. The van der Waals surface area contributed by atoms with Gasteiger partial charge < -0.3 is 10.0 Å². The van der Waals surface area contributed by atoms with Gasteiger partial charge >= 0.3 is 7.12 Å². The molecule has 0 atom stereocenters. The maximum Gasteiger partial charge on any atom is 0.456 e. The highest BCUT2D eigenvalue weighted by atomic mass is 79.9. The van der Waals surface area contributed by atoms with Crippen LogP contribution in [0.3, 0.4) is 0 Å². The molecular weight excluding hydrogens is 254 g/mol. The van der Waals surface area contributed by atoms with Crippen molar-refractivity contribution in [1.29, 1.82) is 0 Å². The smallest absolute Gasteiger partial charge is 0.427 e. The van der Waals surface area contributed by atoms with Gasteiger partial charge in [-0.25, -0.2) is 0 Å². The number of halogens is 2. The number of benzene rings is 1. The van der Waals surface area contributed by atoms with Crippen LogP contribution in [0.5, 0.6) is 0 Å². The lowest BCUT2D eigenvalue weighted by Gasteiger charge is -2.08. The molecule has 2 nitrogen and oxygen atoms in total. The SMILES string of the molecule is Cc1ccc(Cl)c(CB(O)O)c1Br. The molecule has 1 aromatic carbocycles. The van der Waals surface area contributed by atoms with Gasteiger partial charge in [-0.05, 0) is 24.1 Å². The molecule has 13 heavy (non-hydrogen) atoms. The first-order valence-corrected chi connectivity index (χ1v) is 4.99. The van der Waals surface area contributed by atoms with E-state index in [1.807, 2.05) is 13.0 Å². The van der Waals surface area contributed by atoms with Crippen molar-refractivity contribution in [2.24, 2.45) is 0 Å².